The molecule has 0 fully saturated rings. The molecule has 0 aromatic heterocycles. The lowest BCUT2D eigenvalue weighted by molar-refractivity contribution is 0.280. The summed E-state index contributed by atoms with van der Waals surface area (Å²) in [6.07, 6.45) is 1.60. The van der Waals surface area contributed by atoms with Gasteiger partial charge in [-0.1, -0.05) is 35.9 Å². The van der Waals surface area contributed by atoms with E-state index in [1.807, 2.05) is 30.3 Å². The summed E-state index contributed by atoms with van der Waals surface area (Å²) in [5.41, 5.74) is 4.67. The first-order chi connectivity index (χ1) is 14.6. The molecule has 8 heteroatoms. The molecule has 0 aliphatic carbocycles. The van der Waals surface area contributed by atoms with Crippen molar-refractivity contribution < 1.29 is 13.9 Å². The molecular formula is C22H19ClFN3O2S. The van der Waals surface area contributed by atoms with Gasteiger partial charge in [0.1, 0.15) is 12.4 Å². The minimum absolute atomic E-state index is 0.0176. The Hall–Kier alpha value is -3.16. The number of nitrogens with one attached hydrogen (secondary N) is 2. The number of anilines is 1. The van der Waals surface area contributed by atoms with Crippen LogP contribution in [0, 0.1) is 5.82 Å². The van der Waals surface area contributed by atoms with Gasteiger partial charge in [0.15, 0.2) is 16.6 Å². The quantitative estimate of drug-likeness (QED) is 0.291. The highest BCUT2D eigenvalue weighted by Gasteiger charge is 2.10. The monoisotopic (exact) mass is 443 g/mol. The van der Waals surface area contributed by atoms with Crippen LogP contribution in [0.1, 0.15) is 11.1 Å². The minimum Gasteiger partial charge on any atom is -0.493 e. The molecule has 0 aliphatic heterocycles. The molecule has 0 bridgehead atoms. The lowest BCUT2D eigenvalue weighted by atomic mass is 10.2. The van der Waals surface area contributed by atoms with Gasteiger partial charge in [0.05, 0.1) is 18.3 Å². The maximum atomic E-state index is 13.9. The van der Waals surface area contributed by atoms with Gasteiger partial charge in [-0.15, -0.1) is 0 Å². The molecule has 3 aromatic rings. The van der Waals surface area contributed by atoms with Crippen LogP contribution >= 0.6 is 23.8 Å². The Morgan fingerprint density at radius 3 is 2.63 bits per heavy atom. The molecular weight excluding hydrogens is 425 g/mol. The smallest absolute Gasteiger partial charge is 0.191 e. The summed E-state index contributed by atoms with van der Waals surface area (Å²) < 4.78 is 25.0. The van der Waals surface area contributed by atoms with Crippen LogP contribution in [-0.4, -0.2) is 18.4 Å². The third-order valence-electron chi connectivity index (χ3n) is 4.03. The lowest BCUT2D eigenvalue weighted by Crippen LogP contribution is -2.23. The fraction of sp³-hybridized carbons (Fsp3) is 0.0909. The Morgan fingerprint density at radius 2 is 1.90 bits per heavy atom. The number of hydrogen-bond donors (Lipinski definition) is 2. The predicted molar refractivity (Wildman–Crippen MR) is 122 cm³/mol. The Bertz CT molecular complexity index is 1030. The van der Waals surface area contributed by atoms with E-state index >= 15 is 0 Å². The highest BCUT2D eigenvalue weighted by molar-refractivity contribution is 7.80. The minimum atomic E-state index is -0.420. The highest BCUT2D eigenvalue weighted by atomic mass is 35.5. The van der Waals surface area contributed by atoms with E-state index in [1.165, 1.54) is 13.2 Å². The van der Waals surface area contributed by atoms with E-state index in [0.29, 0.717) is 21.6 Å². The van der Waals surface area contributed by atoms with Crippen LogP contribution in [-0.2, 0) is 6.61 Å². The van der Waals surface area contributed by atoms with Gasteiger partial charge in [0, 0.05) is 11.3 Å². The number of hydrogen-bond acceptors (Lipinski definition) is 4. The number of para-hydroxylation sites is 1. The van der Waals surface area contributed by atoms with Crippen LogP contribution in [0.5, 0.6) is 11.5 Å². The Morgan fingerprint density at radius 1 is 1.10 bits per heavy atom. The highest BCUT2D eigenvalue weighted by Crippen LogP contribution is 2.29. The summed E-state index contributed by atoms with van der Waals surface area (Å²) in [4.78, 5) is 0. The van der Waals surface area contributed by atoms with Crippen molar-refractivity contribution in [1.29, 1.82) is 0 Å². The van der Waals surface area contributed by atoms with Crippen molar-refractivity contribution >= 4 is 40.8 Å². The summed E-state index contributed by atoms with van der Waals surface area (Å²) in [5, 5.41) is 7.82. The standard InChI is InChI=1S/C22H19ClFN3O2S/c1-28-21-12-15(13-25-27-22(30)26-16-6-3-2-4-7-16)10-11-20(21)29-14-17-18(23)8-5-9-19(17)24/h2-13H,14H2,1H3,(H2,26,27,30)/b25-13+. The zero-order chi connectivity index (χ0) is 21.3. The molecule has 2 N–H and O–H groups in total. The Labute approximate surface area is 184 Å². The fourth-order valence-electron chi connectivity index (χ4n) is 2.55. The molecule has 0 saturated carbocycles. The van der Waals surface area contributed by atoms with Gasteiger partial charge >= 0.3 is 0 Å². The van der Waals surface area contributed by atoms with Gasteiger partial charge in [-0.3, -0.25) is 5.43 Å². The predicted octanol–water partition coefficient (Wildman–Crippen LogP) is 5.39. The molecule has 3 rings (SSSR count). The largest absolute Gasteiger partial charge is 0.493 e. The van der Waals surface area contributed by atoms with Gasteiger partial charge in [-0.2, -0.15) is 5.10 Å². The number of nitrogens with zero attached hydrogens (tertiary/aromatic N) is 1. The van der Waals surface area contributed by atoms with Gasteiger partial charge < -0.3 is 14.8 Å². The number of hydrazone groups is 1. The van der Waals surface area contributed by atoms with Crippen LogP contribution in [0.2, 0.25) is 5.02 Å². The molecule has 5 nitrogen and oxygen atoms in total. The van der Waals surface area contributed by atoms with Gasteiger partial charge in [-0.05, 0) is 60.2 Å². The molecule has 0 heterocycles. The van der Waals surface area contributed by atoms with Crippen molar-refractivity contribution in [1.82, 2.24) is 5.43 Å². The van der Waals surface area contributed by atoms with E-state index in [2.05, 4.69) is 15.8 Å². The molecule has 30 heavy (non-hydrogen) atoms. The van der Waals surface area contributed by atoms with Gasteiger partial charge in [-0.25, -0.2) is 4.39 Å². The molecule has 0 amide bonds. The number of ether oxygens (including phenoxy) is 2. The first-order valence-electron chi connectivity index (χ1n) is 8.95. The summed E-state index contributed by atoms with van der Waals surface area (Å²) in [6.45, 7) is -0.0176. The fourth-order valence-corrected chi connectivity index (χ4v) is 2.94. The van der Waals surface area contributed by atoms with Gasteiger partial charge in [0.2, 0.25) is 0 Å². The number of thiocarbonyl (C=S) groups is 1. The van der Waals surface area contributed by atoms with Gasteiger partial charge in [0.25, 0.3) is 0 Å². The summed E-state index contributed by atoms with van der Waals surface area (Å²) in [5.74, 6) is 0.524. The third-order valence-corrected chi connectivity index (χ3v) is 4.58. The summed E-state index contributed by atoms with van der Waals surface area (Å²) >= 11 is 11.2. The number of benzene rings is 3. The molecule has 0 radical (unpaired) electrons. The van der Waals surface area contributed by atoms with Crippen molar-refractivity contribution in [3.63, 3.8) is 0 Å². The van der Waals surface area contributed by atoms with E-state index in [1.54, 1.807) is 36.5 Å². The Balaban J connectivity index is 1.61. The van der Waals surface area contributed by atoms with Crippen molar-refractivity contribution in [2.45, 2.75) is 6.61 Å². The molecule has 0 atom stereocenters. The number of rotatable bonds is 7. The van der Waals surface area contributed by atoms with E-state index < -0.39 is 5.82 Å². The van der Waals surface area contributed by atoms with Crippen LogP contribution in [0.25, 0.3) is 0 Å². The van der Waals surface area contributed by atoms with Crippen molar-refractivity contribution in [2.24, 2.45) is 5.10 Å². The van der Waals surface area contributed by atoms with Crippen LogP contribution in [0.15, 0.2) is 71.8 Å². The second-order valence-electron chi connectivity index (χ2n) is 6.09. The maximum Gasteiger partial charge on any atom is 0.191 e. The zero-order valence-electron chi connectivity index (χ0n) is 16.1. The summed E-state index contributed by atoms with van der Waals surface area (Å²) in [6, 6.07) is 19.3. The first-order valence-corrected chi connectivity index (χ1v) is 9.74. The molecule has 0 saturated heterocycles. The van der Waals surface area contributed by atoms with Crippen molar-refractivity contribution in [3.05, 3.63) is 88.7 Å². The maximum absolute atomic E-state index is 13.9. The second-order valence-corrected chi connectivity index (χ2v) is 6.90. The Kier molecular flexibility index (Phi) is 7.59. The third kappa shape index (κ3) is 5.92. The van der Waals surface area contributed by atoms with E-state index in [0.717, 1.165) is 11.3 Å². The molecule has 3 aromatic carbocycles. The normalized spacial score (nSPS) is 10.6. The van der Waals surface area contributed by atoms with E-state index in [-0.39, 0.29) is 12.2 Å². The van der Waals surface area contributed by atoms with Crippen LogP contribution in [0.3, 0.4) is 0 Å². The SMILES string of the molecule is COc1cc(/C=N/NC(=S)Nc2ccccc2)ccc1OCc1c(F)cccc1Cl. The second kappa shape index (κ2) is 10.6. The lowest BCUT2D eigenvalue weighted by Gasteiger charge is -2.12. The van der Waals surface area contributed by atoms with Crippen molar-refractivity contribution in [2.75, 3.05) is 12.4 Å². The average Bonchev–Trinajstić information content (AvgIpc) is 2.74. The first kappa shape index (κ1) is 21.5. The average molecular weight is 444 g/mol. The molecule has 0 aliphatic rings. The van der Waals surface area contributed by atoms with E-state index in [4.69, 9.17) is 33.3 Å². The van der Waals surface area contributed by atoms with Crippen LogP contribution in [0.4, 0.5) is 10.1 Å². The molecule has 154 valence electrons. The number of methoxy groups -OCH3 is 1. The van der Waals surface area contributed by atoms with E-state index in [9.17, 15) is 4.39 Å². The molecule has 0 spiro atoms. The van der Waals surface area contributed by atoms with Crippen LogP contribution < -0.4 is 20.2 Å². The number of halogens is 2. The summed E-state index contributed by atoms with van der Waals surface area (Å²) in [7, 11) is 1.52. The topological polar surface area (TPSA) is 54.9 Å². The molecule has 0 unspecified atom stereocenters. The zero-order valence-corrected chi connectivity index (χ0v) is 17.6. The van der Waals surface area contributed by atoms with Crippen molar-refractivity contribution in [3.8, 4) is 11.5 Å².